The fourth-order valence-corrected chi connectivity index (χ4v) is 0.0875. The molecule has 0 rings (SSSR count). The first-order valence-corrected chi connectivity index (χ1v) is 3.54. The molecule has 0 radical (unpaired) electrons. The van der Waals surface area contributed by atoms with E-state index in [0.717, 1.165) is 0 Å². The third-order valence-electron chi connectivity index (χ3n) is 0.562. The molecule has 0 aromatic rings. The lowest BCUT2D eigenvalue weighted by molar-refractivity contribution is -0.237. The van der Waals surface area contributed by atoms with Gasteiger partial charge in [-0.05, 0) is 0 Å². The molecule has 0 N–H and O–H groups in total. The van der Waals surface area contributed by atoms with Crippen molar-refractivity contribution in [2.75, 3.05) is 20.0 Å². The van der Waals surface area contributed by atoms with E-state index in [1.165, 1.54) is 0 Å². The molecular weight excluding hydrogens is 281 g/mol. The van der Waals surface area contributed by atoms with E-state index in [2.05, 4.69) is 0 Å². The maximum Gasteiger partial charge on any atom is 0.559 e. The van der Waals surface area contributed by atoms with Crippen LogP contribution < -0.4 is 0 Å². The van der Waals surface area contributed by atoms with Crippen molar-refractivity contribution in [3.05, 3.63) is 0 Å². The lowest BCUT2D eigenvalue weighted by Crippen LogP contribution is -2.25. The van der Waals surface area contributed by atoms with E-state index in [9.17, 15) is 48.3 Å². The van der Waals surface area contributed by atoms with E-state index in [1.807, 2.05) is 0 Å². The Morgan fingerprint density at radius 3 is 0.941 bits per heavy atom. The second kappa shape index (κ2) is 10.4. The minimum Gasteiger partial charge on any atom is -0.248 e. The van der Waals surface area contributed by atoms with Gasteiger partial charge in [0.15, 0.2) is 0 Å². The number of hydrogen-bond acceptors (Lipinski definition) is 0. The predicted octanol–water partition coefficient (Wildman–Crippen LogP) is 4.26. The van der Waals surface area contributed by atoms with Crippen LogP contribution in [0.4, 0.5) is 48.3 Å². The second-order valence-electron chi connectivity index (χ2n) is 1.97. The zero-order chi connectivity index (χ0) is 14.7. The van der Waals surface area contributed by atoms with Crippen LogP contribution in [-0.2, 0) is 0 Å². The molecule has 0 aliphatic carbocycles. The van der Waals surface area contributed by atoms with Crippen molar-refractivity contribution in [3.63, 3.8) is 0 Å². The summed E-state index contributed by atoms with van der Waals surface area (Å²) in [4.78, 5) is 0. The Morgan fingerprint density at radius 2 is 0.941 bits per heavy atom. The van der Waals surface area contributed by atoms with Crippen LogP contribution in [0.1, 0.15) is 0 Å². The summed E-state index contributed by atoms with van der Waals surface area (Å²) in [7, 11) is 0. The van der Waals surface area contributed by atoms with Crippen molar-refractivity contribution >= 4 is 0 Å². The van der Waals surface area contributed by atoms with Gasteiger partial charge in [0.05, 0.1) is 0 Å². The Morgan fingerprint density at radius 1 is 0.706 bits per heavy atom. The number of alkyl halides is 11. The van der Waals surface area contributed by atoms with Gasteiger partial charge in [-0.2, -0.15) is 13.2 Å². The summed E-state index contributed by atoms with van der Waals surface area (Å²) < 4.78 is 114. The molecule has 0 saturated carbocycles. The van der Waals surface area contributed by atoms with Crippen LogP contribution in [0.5, 0.6) is 0 Å². The van der Waals surface area contributed by atoms with Crippen molar-refractivity contribution < 1.29 is 48.3 Å². The summed E-state index contributed by atoms with van der Waals surface area (Å²) in [6, 6.07) is 0. The van der Waals surface area contributed by atoms with Crippen LogP contribution in [0.25, 0.3) is 0 Å². The molecule has 0 fully saturated rings. The van der Waals surface area contributed by atoms with E-state index in [1.54, 1.807) is 0 Å². The molecule has 0 aromatic carbocycles. The van der Waals surface area contributed by atoms with Gasteiger partial charge in [-0.3, -0.25) is 0 Å². The molecule has 0 spiro atoms. The molecule has 0 aliphatic heterocycles. The lowest BCUT2D eigenvalue weighted by Gasteiger charge is -2.06. The first-order chi connectivity index (χ1) is 7.40. The second-order valence-corrected chi connectivity index (χ2v) is 1.97. The summed E-state index contributed by atoms with van der Waals surface area (Å²) in [6.07, 6.45) is -13.9. The third-order valence-corrected chi connectivity index (χ3v) is 0.562. The summed E-state index contributed by atoms with van der Waals surface area (Å²) in [5.41, 5.74) is 0. The molecule has 0 saturated heterocycles. The fourth-order valence-electron chi connectivity index (χ4n) is 0.0875. The zero-order valence-corrected chi connectivity index (χ0v) is 7.86. The van der Waals surface area contributed by atoms with E-state index < -0.39 is 38.8 Å². The maximum absolute atomic E-state index is 11.1. The normalized spacial score (nSPS) is 12.9. The van der Waals surface area contributed by atoms with E-state index >= 15 is 0 Å². The SMILES string of the molecule is FC(F)(F)F.FCC(F)C(F)(F)F.FCCF. The molecule has 1 atom stereocenters. The topological polar surface area (TPSA) is 0 Å². The highest BCUT2D eigenvalue weighted by Gasteiger charge is 2.39. The van der Waals surface area contributed by atoms with Gasteiger partial charge in [0.1, 0.15) is 20.0 Å². The fraction of sp³-hybridized carbons (Fsp3) is 1.00. The molecule has 0 heterocycles. The maximum atomic E-state index is 11.1. The first-order valence-electron chi connectivity index (χ1n) is 3.54. The molecule has 0 aliphatic rings. The molecule has 0 amide bonds. The minimum atomic E-state index is -5.50. The Kier molecular flexibility index (Phi) is 13.1. The molecular formula is C6H7F11. The summed E-state index contributed by atoms with van der Waals surface area (Å²) in [5.74, 6) is 0. The highest BCUT2D eigenvalue weighted by molar-refractivity contribution is 4.62. The van der Waals surface area contributed by atoms with Crippen LogP contribution in [0.15, 0.2) is 0 Å². The molecule has 0 aromatic heterocycles. The minimum absolute atomic E-state index is 0.847. The average Bonchev–Trinajstić information content (AvgIpc) is 2.13. The molecule has 11 heteroatoms. The van der Waals surface area contributed by atoms with Crippen LogP contribution in [0.3, 0.4) is 0 Å². The smallest absolute Gasteiger partial charge is 0.248 e. The number of hydrogen-bond donors (Lipinski definition) is 0. The van der Waals surface area contributed by atoms with Crippen molar-refractivity contribution in [2.24, 2.45) is 0 Å². The van der Waals surface area contributed by atoms with Gasteiger partial charge in [-0.25, -0.2) is 17.6 Å². The summed E-state index contributed by atoms with van der Waals surface area (Å²) in [6.45, 7) is -3.69. The van der Waals surface area contributed by atoms with Gasteiger partial charge in [0.25, 0.3) is 0 Å². The van der Waals surface area contributed by atoms with Crippen LogP contribution in [0, 0.1) is 0 Å². The molecule has 1 unspecified atom stereocenters. The Labute approximate surface area is 88.4 Å². The van der Waals surface area contributed by atoms with E-state index in [-0.39, 0.29) is 0 Å². The molecule has 0 bridgehead atoms. The number of rotatable bonds is 2. The highest BCUT2D eigenvalue weighted by atomic mass is 19.5. The van der Waals surface area contributed by atoms with Crippen LogP contribution in [-0.4, -0.2) is 38.8 Å². The zero-order valence-electron chi connectivity index (χ0n) is 7.86. The van der Waals surface area contributed by atoms with Gasteiger partial charge >= 0.3 is 12.6 Å². The lowest BCUT2D eigenvalue weighted by atomic mass is 10.4. The van der Waals surface area contributed by atoms with Crippen LogP contribution >= 0.6 is 0 Å². The first kappa shape index (κ1) is 21.5. The third kappa shape index (κ3) is 39.4. The highest BCUT2D eigenvalue weighted by Crippen LogP contribution is 2.22. The van der Waals surface area contributed by atoms with E-state index in [0.29, 0.717) is 0 Å². The Bertz CT molecular complexity index is 139. The average molecular weight is 288 g/mol. The Hall–Kier alpha value is -0.770. The van der Waals surface area contributed by atoms with Crippen molar-refractivity contribution in [1.82, 2.24) is 0 Å². The van der Waals surface area contributed by atoms with Crippen molar-refractivity contribution in [3.8, 4) is 0 Å². The van der Waals surface area contributed by atoms with Crippen LogP contribution in [0.2, 0.25) is 0 Å². The number of halogens is 11. The molecule has 0 nitrogen and oxygen atoms in total. The quantitative estimate of drug-likeness (QED) is 0.666. The molecule has 108 valence electrons. The van der Waals surface area contributed by atoms with Gasteiger partial charge < -0.3 is 0 Å². The van der Waals surface area contributed by atoms with Gasteiger partial charge in [0.2, 0.25) is 6.17 Å². The summed E-state index contributed by atoms with van der Waals surface area (Å²) in [5, 5.41) is 0. The Balaban J connectivity index is -0.000000188. The predicted molar refractivity (Wildman–Crippen MR) is 36.0 cm³/mol. The largest absolute Gasteiger partial charge is 0.559 e. The van der Waals surface area contributed by atoms with Crippen molar-refractivity contribution in [2.45, 2.75) is 18.8 Å². The van der Waals surface area contributed by atoms with Gasteiger partial charge in [-0.1, -0.05) is 0 Å². The van der Waals surface area contributed by atoms with Gasteiger partial charge in [-0.15, -0.1) is 17.6 Å². The van der Waals surface area contributed by atoms with E-state index in [4.69, 9.17) is 0 Å². The van der Waals surface area contributed by atoms with Crippen molar-refractivity contribution in [1.29, 1.82) is 0 Å². The molecule has 17 heavy (non-hydrogen) atoms. The van der Waals surface area contributed by atoms with Gasteiger partial charge in [0, 0.05) is 0 Å². The summed E-state index contributed by atoms with van der Waals surface area (Å²) >= 11 is 0. The monoisotopic (exact) mass is 288 g/mol. The standard InChI is InChI=1S/C3H3F5.C2H4F2.CF4/c4-1-2(5)3(6,7)8;3-1-2-4;2-1(3,4)5/h2H,1H2;1-2H2;.